The van der Waals surface area contributed by atoms with Gasteiger partial charge in [0.25, 0.3) is 5.56 Å². The molecule has 0 radical (unpaired) electrons. The lowest BCUT2D eigenvalue weighted by molar-refractivity contribution is 0.101. The van der Waals surface area contributed by atoms with E-state index in [1.165, 1.54) is 7.11 Å². The Hall–Kier alpha value is -2.99. The molecule has 2 aromatic carbocycles. The van der Waals surface area contributed by atoms with Gasteiger partial charge in [-0.3, -0.25) is 14.3 Å². The van der Waals surface area contributed by atoms with Crippen LogP contribution in [-0.4, -0.2) is 28.8 Å². The summed E-state index contributed by atoms with van der Waals surface area (Å²) >= 11 is 6.08. The van der Waals surface area contributed by atoms with E-state index in [1.807, 2.05) is 37.3 Å². The predicted octanol–water partition coefficient (Wildman–Crippen LogP) is 3.44. The van der Waals surface area contributed by atoms with Crippen LogP contribution in [0.25, 0.3) is 5.69 Å². The van der Waals surface area contributed by atoms with Crippen LogP contribution in [-0.2, 0) is 7.05 Å². The number of carbonyl (C=O) groups excluding carboxylic acids is 1. The largest absolute Gasteiger partial charge is 0.495 e. The lowest BCUT2D eigenvalue weighted by Crippen LogP contribution is -2.22. The SMILES string of the molecule is COc1ccc(C(=O)CNc2c(C)n(C)n(-c3ccccc3)c2=O)cc1Cl. The number of benzene rings is 2. The van der Waals surface area contributed by atoms with Crippen molar-refractivity contribution in [1.29, 1.82) is 0 Å². The second-order valence-corrected chi connectivity index (χ2v) is 6.47. The lowest BCUT2D eigenvalue weighted by atomic mass is 10.1. The second-order valence-electron chi connectivity index (χ2n) is 6.06. The van der Waals surface area contributed by atoms with Crippen LogP contribution in [0.4, 0.5) is 5.69 Å². The Bertz CT molecular complexity index is 1040. The van der Waals surface area contributed by atoms with Crippen molar-refractivity contribution in [3.63, 3.8) is 0 Å². The Morgan fingerprint density at radius 1 is 1.19 bits per heavy atom. The zero-order valence-corrected chi connectivity index (χ0v) is 16.1. The Labute approximate surface area is 161 Å². The normalized spacial score (nSPS) is 10.7. The van der Waals surface area contributed by atoms with Gasteiger partial charge in [0, 0.05) is 12.6 Å². The summed E-state index contributed by atoms with van der Waals surface area (Å²) in [5, 5.41) is 3.35. The van der Waals surface area contributed by atoms with Gasteiger partial charge in [-0.15, -0.1) is 0 Å². The minimum atomic E-state index is -0.207. The summed E-state index contributed by atoms with van der Waals surface area (Å²) in [6, 6.07) is 14.2. The number of hydrogen-bond acceptors (Lipinski definition) is 4. The Morgan fingerprint density at radius 3 is 2.52 bits per heavy atom. The van der Waals surface area contributed by atoms with Gasteiger partial charge in [0.15, 0.2) is 5.78 Å². The van der Waals surface area contributed by atoms with Gasteiger partial charge in [-0.1, -0.05) is 29.8 Å². The zero-order valence-electron chi connectivity index (χ0n) is 15.3. The summed E-state index contributed by atoms with van der Waals surface area (Å²) in [7, 11) is 3.32. The van der Waals surface area contributed by atoms with Crippen molar-refractivity contribution in [2.75, 3.05) is 19.0 Å². The Kier molecular flexibility index (Phi) is 5.37. The van der Waals surface area contributed by atoms with E-state index in [1.54, 1.807) is 34.6 Å². The number of para-hydroxylation sites is 1. The molecule has 3 rings (SSSR count). The number of carbonyl (C=O) groups is 1. The number of methoxy groups -OCH3 is 1. The van der Waals surface area contributed by atoms with Crippen LogP contribution in [0.15, 0.2) is 53.3 Å². The van der Waals surface area contributed by atoms with E-state index in [-0.39, 0.29) is 17.9 Å². The number of anilines is 1. The first kappa shape index (κ1) is 18.8. The summed E-state index contributed by atoms with van der Waals surface area (Å²) in [5.74, 6) is 0.333. The van der Waals surface area contributed by atoms with Gasteiger partial charge < -0.3 is 10.1 Å². The van der Waals surface area contributed by atoms with E-state index in [9.17, 15) is 9.59 Å². The summed E-state index contributed by atoms with van der Waals surface area (Å²) < 4.78 is 8.41. The van der Waals surface area contributed by atoms with Crippen LogP contribution in [0.3, 0.4) is 0 Å². The van der Waals surface area contributed by atoms with Crippen LogP contribution in [0, 0.1) is 6.92 Å². The summed E-state index contributed by atoms with van der Waals surface area (Å²) in [4.78, 5) is 25.3. The van der Waals surface area contributed by atoms with Gasteiger partial charge in [-0.25, -0.2) is 4.68 Å². The molecule has 0 aliphatic rings. The highest BCUT2D eigenvalue weighted by molar-refractivity contribution is 6.32. The van der Waals surface area contributed by atoms with Crippen molar-refractivity contribution < 1.29 is 9.53 Å². The minimum absolute atomic E-state index is 0.0163. The van der Waals surface area contributed by atoms with Crippen molar-refractivity contribution in [3.8, 4) is 11.4 Å². The van der Waals surface area contributed by atoms with Crippen LogP contribution < -0.4 is 15.6 Å². The fraction of sp³-hybridized carbons (Fsp3) is 0.200. The molecule has 0 amide bonds. The van der Waals surface area contributed by atoms with Gasteiger partial charge in [0.1, 0.15) is 11.4 Å². The first-order valence-corrected chi connectivity index (χ1v) is 8.76. The maximum absolute atomic E-state index is 12.8. The second kappa shape index (κ2) is 7.72. The molecule has 7 heteroatoms. The molecule has 3 aromatic rings. The maximum atomic E-state index is 12.8. The number of ether oxygens (including phenoxy) is 1. The molecule has 0 aliphatic carbocycles. The molecule has 0 saturated carbocycles. The number of aromatic nitrogens is 2. The van der Waals surface area contributed by atoms with Gasteiger partial charge >= 0.3 is 0 Å². The fourth-order valence-electron chi connectivity index (χ4n) is 2.88. The molecule has 6 nitrogen and oxygen atoms in total. The molecule has 0 saturated heterocycles. The molecule has 0 atom stereocenters. The van der Waals surface area contributed by atoms with E-state index in [2.05, 4.69) is 5.32 Å². The average Bonchev–Trinajstić information content (AvgIpc) is 2.89. The van der Waals surface area contributed by atoms with Crippen molar-refractivity contribution >= 4 is 23.1 Å². The molecular formula is C20H20ClN3O3. The van der Waals surface area contributed by atoms with Gasteiger partial charge in [0.05, 0.1) is 30.1 Å². The number of nitrogens with zero attached hydrogens (tertiary/aromatic N) is 2. The van der Waals surface area contributed by atoms with Crippen LogP contribution in [0.1, 0.15) is 16.1 Å². The zero-order chi connectivity index (χ0) is 19.6. The van der Waals surface area contributed by atoms with Crippen molar-refractivity contribution in [2.45, 2.75) is 6.92 Å². The number of hydrogen-bond donors (Lipinski definition) is 1. The van der Waals surface area contributed by atoms with Crippen LogP contribution >= 0.6 is 11.6 Å². The first-order chi connectivity index (χ1) is 12.9. The van der Waals surface area contributed by atoms with E-state index < -0.39 is 0 Å². The Morgan fingerprint density at radius 2 is 1.89 bits per heavy atom. The van der Waals surface area contributed by atoms with Gasteiger partial charge in [0.2, 0.25) is 0 Å². The molecule has 0 fully saturated rings. The highest BCUT2D eigenvalue weighted by Gasteiger charge is 2.17. The molecule has 1 N–H and O–H groups in total. The molecule has 1 aromatic heterocycles. The maximum Gasteiger partial charge on any atom is 0.295 e. The fourth-order valence-corrected chi connectivity index (χ4v) is 3.14. The van der Waals surface area contributed by atoms with Crippen molar-refractivity contribution in [1.82, 2.24) is 9.36 Å². The van der Waals surface area contributed by atoms with E-state index >= 15 is 0 Å². The van der Waals surface area contributed by atoms with Crippen molar-refractivity contribution in [2.24, 2.45) is 7.05 Å². The van der Waals surface area contributed by atoms with E-state index in [0.717, 1.165) is 11.4 Å². The third kappa shape index (κ3) is 3.61. The van der Waals surface area contributed by atoms with E-state index in [0.29, 0.717) is 22.0 Å². The third-order valence-electron chi connectivity index (χ3n) is 4.45. The van der Waals surface area contributed by atoms with Crippen LogP contribution in [0.5, 0.6) is 5.75 Å². The van der Waals surface area contributed by atoms with Gasteiger partial charge in [-0.05, 0) is 37.3 Å². The monoisotopic (exact) mass is 385 g/mol. The van der Waals surface area contributed by atoms with E-state index in [4.69, 9.17) is 16.3 Å². The van der Waals surface area contributed by atoms with Gasteiger partial charge in [-0.2, -0.15) is 0 Å². The number of ketones is 1. The molecule has 0 aliphatic heterocycles. The molecule has 140 valence electrons. The number of halogens is 1. The van der Waals surface area contributed by atoms with Crippen molar-refractivity contribution in [3.05, 3.63) is 75.2 Å². The number of rotatable bonds is 6. The molecule has 1 heterocycles. The molecule has 0 bridgehead atoms. The lowest BCUT2D eigenvalue weighted by Gasteiger charge is -2.07. The molecule has 0 spiro atoms. The molecule has 0 unspecified atom stereocenters. The summed E-state index contributed by atoms with van der Waals surface area (Å²) in [6.45, 7) is 1.81. The quantitative estimate of drug-likeness (QED) is 0.660. The smallest absolute Gasteiger partial charge is 0.295 e. The standard InChI is InChI=1S/C20H20ClN3O3/c1-13-19(20(26)24(23(13)2)15-7-5-4-6-8-15)22-12-17(25)14-9-10-18(27-3)16(21)11-14/h4-11,22H,12H2,1-3H3. The first-order valence-electron chi connectivity index (χ1n) is 8.38. The number of nitrogens with one attached hydrogen (secondary N) is 1. The minimum Gasteiger partial charge on any atom is -0.495 e. The summed E-state index contributed by atoms with van der Waals surface area (Å²) in [6.07, 6.45) is 0. The predicted molar refractivity (Wildman–Crippen MR) is 107 cm³/mol. The highest BCUT2D eigenvalue weighted by atomic mass is 35.5. The average molecular weight is 386 g/mol. The summed E-state index contributed by atoms with van der Waals surface area (Å²) in [5.41, 5.74) is 2.14. The molecular weight excluding hydrogens is 366 g/mol. The third-order valence-corrected chi connectivity index (χ3v) is 4.75. The Balaban J connectivity index is 1.84. The topological polar surface area (TPSA) is 65.3 Å². The molecule has 27 heavy (non-hydrogen) atoms. The highest BCUT2D eigenvalue weighted by Crippen LogP contribution is 2.25. The van der Waals surface area contributed by atoms with Crippen LogP contribution in [0.2, 0.25) is 5.02 Å². The number of Topliss-reactive ketones (excluding diaryl/α,β-unsaturated/α-hetero) is 1.